The molecule has 0 bridgehead atoms. The molecule has 7 heteroatoms. The number of ether oxygens (including phenoxy) is 4. The Morgan fingerprint density at radius 3 is 2.64 bits per heavy atom. The maximum absolute atomic E-state index is 12.7. The normalized spacial score (nSPS) is 45.4. The molecule has 3 aliphatic heterocycles. The maximum Gasteiger partial charge on any atom is 0.336 e. The Bertz CT molecular complexity index is 629. The van der Waals surface area contributed by atoms with Crippen LogP contribution in [-0.4, -0.2) is 66.7 Å². The highest BCUT2D eigenvalue weighted by Gasteiger charge is 2.86. The first-order valence-electron chi connectivity index (χ1n) is 10.5. The first-order chi connectivity index (χ1) is 13.1. The van der Waals surface area contributed by atoms with Gasteiger partial charge in [-0.05, 0) is 30.1 Å². The van der Waals surface area contributed by atoms with Crippen molar-refractivity contribution < 1.29 is 34.0 Å². The minimum Gasteiger partial charge on any atom is -0.460 e. The summed E-state index contributed by atoms with van der Waals surface area (Å²) >= 11 is 0. The molecular formula is C21H34O7. The Morgan fingerprint density at radius 2 is 2.04 bits per heavy atom. The largest absolute Gasteiger partial charge is 0.460 e. The molecule has 6 unspecified atom stereocenters. The van der Waals surface area contributed by atoms with E-state index in [1.54, 1.807) is 0 Å². The van der Waals surface area contributed by atoms with Gasteiger partial charge in [0.2, 0.25) is 0 Å². The van der Waals surface area contributed by atoms with Crippen molar-refractivity contribution in [2.45, 2.75) is 78.2 Å². The van der Waals surface area contributed by atoms with Crippen molar-refractivity contribution in [3.63, 3.8) is 0 Å². The lowest BCUT2D eigenvalue weighted by atomic mass is 9.53. The number of aliphatic hydroxyl groups is 2. The smallest absolute Gasteiger partial charge is 0.336 e. The highest BCUT2D eigenvalue weighted by Crippen LogP contribution is 2.75. The molecule has 0 amide bonds. The second-order valence-corrected chi connectivity index (χ2v) is 10.5. The summed E-state index contributed by atoms with van der Waals surface area (Å²) in [6.45, 7) is 11.1. The zero-order chi connectivity index (χ0) is 20.5. The minimum absolute atomic E-state index is 0.0510. The zero-order valence-electron chi connectivity index (χ0n) is 17.5. The van der Waals surface area contributed by atoms with Crippen LogP contribution in [0.2, 0.25) is 0 Å². The Labute approximate surface area is 166 Å². The molecule has 0 aromatic rings. The van der Waals surface area contributed by atoms with E-state index in [9.17, 15) is 15.0 Å². The summed E-state index contributed by atoms with van der Waals surface area (Å²) in [7, 11) is 0. The molecule has 0 radical (unpaired) electrons. The molecule has 4 aliphatic rings. The molecular weight excluding hydrogens is 364 g/mol. The molecule has 1 aliphatic carbocycles. The molecule has 0 aromatic carbocycles. The number of hydrogen-bond donors (Lipinski definition) is 2. The van der Waals surface area contributed by atoms with Crippen molar-refractivity contribution in [1.29, 1.82) is 0 Å². The van der Waals surface area contributed by atoms with Crippen molar-refractivity contribution in [2.24, 2.45) is 28.1 Å². The van der Waals surface area contributed by atoms with Gasteiger partial charge in [-0.1, -0.05) is 34.6 Å². The van der Waals surface area contributed by atoms with Crippen LogP contribution >= 0.6 is 0 Å². The Hall–Kier alpha value is -0.730. The van der Waals surface area contributed by atoms with Gasteiger partial charge in [0.1, 0.15) is 6.10 Å². The van der Waals surface area contributed by atoms with Gasteiger partial charge in [-0.2, -0.15) is 0 Å². The summed E-state index contributed by atoms with van der Waals surface area (Å²) in [5.74, 6) is -0.00785. The molecule has 1 spiro atoms. The molecule has 1 saturated carbocycles. The lowest BCUT2D eigenvalue weighted by Gasteiger charge is -2.48. The third-order valence-electron chi connectivity index (χ3n) is 7.43. The molecule has 3 heterocycles. The standard InChI is InChI=1S/C21H34O7/c1-11(2)9-25-12(8-22)7-20-15-6-13(19(3,4)5)21(20)14(23)10-26-18(21)28-16(20)17(24)27-15/h11-16,18,22-23H,6-10H2,1-5H3/t12?,13-,14-,15?,16?,18?,20?,21?/m0/s1. The number of aliphatic hydroxyl groups excluding tert-OH is 2. The van der Waals surface area contributed by atoms with Crippen LogP contribution in [0.1, 0.15) is 47.5 Å². The molecule has 8 atom stereocenters. The first-order valence-corrected chi connectivity index (χ1v) is 10.5. The molecule has 2 N–H and O–H groups in total. The van der Waals surface area contributed by atoms with Crippen molar-refractivity contribution >= 4 is 5.97 Å². The van der Waals surface area contributed by atoms with Crippen LogP contribution in [0.15, 0.2) is 0 Å². The average molecular weight is 398 g/mol. The third kappa shape index (κ3) is 2.49. The molecule has 7 nitrogen and oxygen atoms in total. The van der Waals surface area contributed by atoms with Gasteiger partial charge >= 0.3 is 5.97 Å². The fourth-order valence-electron chi connectivity index (χ4n) is 6.54. The van der Waals surface area contributed by atoms with Gasteiger partial charge in [-0.15, -0.1) is 0 Å². The van der Waals surface area contributed by atoms with Gasteiger partial charge in [-0.25, -0.2) is 4.79 Å². The van der Waals surface area contributed by atoms with E-state index in [-0.39, 0.29) is 36.6 Å². The van der Waals surface area contributed by atoms with Crippen LogP contribution < -0.4 is 0 Å². The summed E-state index contributed by atoms with van der Waals surface area (Å²) in [4.78, 5) is 12.7. The van der Waals surface area contributed by atoms with Crippen LogP contribution in [-0.2, 0) is 23.7 Å². The fourth-order valence-corrected chi connectivity index (χ4v) is 6.54. The second kappa shape index (κ2) is 6.64. The number of carbonyl (C=O) groups excluding carboxylic acids is 1. The first kappa shape index (κ1) is 20.5. The average Bonchev–Trinajstić information content (AvgIpc) is 3.24. The highest BCUT2D eigenvalue weighted by molar-refractivity contribution is 5.80. The topological polar surface area (TPSA) is 94.5 Å². The van der Waals surface area contributed by atoms with Crippen LogP contribution in [0.3, 0.4) is 0 Å². The predicted molar refractivity (Wildman–Crippen MR) is 99.2 cm³/mol. The Balaban J connectivity index is 1.79. The van der Waals surface area contributed by atoms with Crippen LogP contribution in [0.5, 0.6) is 0 Å². The molecule has 4 rings (SSSR count). The zero-order valence-corrected chi connectivity index (χ0v) is 17.5. The fraction of sp³-hybridized carbons (Fsp3) is 0.952. The van der Waals surface area contributed by atoms with E-state index in [0.29, 0.717) is 25.4 Å². The van der Waals surface area contributed by atoms with Gasteiger partial charge in [0.25, 0.3) is 0 Å². The minimum atomic E-state index is -0.790. The van der Waals surface area contributed by atoms with Gasteiger partial charge in [0.05, 0.1) is 36.3 Å². The highest BCUT2D eigenvalue weighted by atomic mass is 16.7. The number of carbonyl (C=O) groups is 1. The SMILES string of the molecule is CC(C)COC(CO)CC12C3C[C@@H](C(C)(C)C)C14C(OC[C@@H]4O)OC2C(=O)O3. The number of rotatable bonds is 6. The molecule has 160 valence electrons. The summed E-state index contributed by atoms with van der Waals surface area (Å²) in [6.07, 6.45) is -1.94. The van der Waals surface area contributed by atoms with Crippen molar-refractivity contribution in [3.8, 4) is 0 Å². The molecule has 28 heavy (non-hydrogen) atoms. The maximum atomic E-state index is 12.7. The van der Waals surface area contributed by atoms with E-state index in [0.717, 1.165) is 0 Å². The van der Waals surface area contributed by atoms with Gasteiger partial charge in [0.15, 0.2) is 12.4 Å². The van der Waals surface area contributed by atoms with Gasteiger partial charge in [0, 0.05) is 6.61 Å². The van der Waals surface area contributed by atoms with Crippen LogP contribution in [0, 0.1) is 28.1 Å². The van der Waals surface area contributed by atoms with E-state index >= 15 is 0 Å². The van der Waals surface area contributed by atoms with E-state index < -0.39 is 35.4 Å². The van der Waals surface area contributed by atoms with E-state index in [4.69, 9.17) is 18.9 Å². The summed E-state index contributed by atoms with van der Waals surface area (Å²) in [5.41, 5.74) is -1.64. The molecule has 4 fully saturated rings. The van der Waals surface area contributed by atoms with E-state index in [1.807, 2.05) is 0 Å². The van der Waals surface area contributed by atoms with Crippen molar-refractivity contribution in [3.05, 3.63) is 0 Å². The third-order valence-corrected chi connectivity index (χ3v) is 7.43. The van der Waals surface area contributed by atoms with Crippen molar-refractivity contribution in [2.75, 3.05) is 19.8 Å². The number of esters is 1. The Kier molecular flexibility index (Phi) is 4.87. The van der Waals surface area contributed by atoms with Gasteiger partial charge in [-0.3, -0.25) is 0 Å². The monoisotopic (exact) mass is 398 g/mol. The summed E-state index contributed by atoms with van der Waals surface area (Å²) in [6, 6.07) is 0. The summed E-state index contributed by atoms with van der Waals surface area (Å²) in [5, 5.41) is 21.3. The van der Waals surface area contributed by atoms with E-state index in [2.05, 4.69) is 34.6 Å². The second-order valence-electron chi connectivity index (χ2n) is 10.5. The van der Waals surface area contributed by atoms with E-state index in [1.165, 1.54) is 0 Å². The quantitative estimate of drug-likeness (QED) is 0.655. The van der Waals surface area contributed by atoms with Crippen LogP contribution in [0.25, 0.3) is 0 Å². The summed E-state index contributed by atoms with van der Waals surface area (Å²) < 4.78 is 23.8. The lowest BCUT2D eigenvalue weighted by molar-refractivity contribution is -0.173. The van der Waals surface area contributed by atoms with Crippen LogP contribution in [0.4, 0.5) is 0 Å². The predicted octanol–water partition coefficient (Wildman–Crippen LogP) is 1.49. The lowest BCUT2D eigenvalue weighted by Crippen LogP contribution is -2.56. The Morgan fingerprint density at radius 1 is 1.32 bits per heavy atom. The van der Waals surface area contributed by atoms with Gasteiger partial charge < -0.3 is 29.2 Å². The van der Waals surface area contributed by atoms with Crippen molar-refractivity contribution in [1.82, 2.24) is 0 Å². The molecule has 0 aromatic heterocycles. The molecule has 3 saturated heterocycles. The number of hydrogen-bond acceptors (Lipinski definition) is 7.